The second-order valence-corrected chi connectivity index (χ2v) is 8.69. The van der Waals surface area contributed by atoms with Crippen LogP contribution in [0.3, 0.4) is 0 Å². The van der Waals surface area contributed by atoms with Gasteiger partial charge in [-0.15, -0.1) is 0 Å². The minimum Gasteiger partial charge on any atom is -0.493 e. The van der Waals surface area contributed by atoms with Crippen molar-refractivity contribution in [2.75, 3.05) is 26.6 Å². The van der Waals surface area contributed by atoms with E-state index in [1.807, 2.05) is 18.2 Å². The lowest BCUT2D eigenvalue weighted by Gasteiger charge is -2.37. The van der Waals surface area contributed by atoms with E-state index in [1.54, 1.807) is 25.1 Å². The Labute approximate surface area is 181 Å². The Hall–Kier alpha value is -3.13. The molecule has 1 aliphatic heterocycles. The van der Waals surface area contributed by atoms with Crippen LogP contribution in [0.2, 0.25) is 0 Å². The van der Waals surface area contributed by atoms with Crippen LogP contribution >= 0.6 is 0 Å². The van der Waals surface area contributed by atoms with Gasteiger partial charge in [0.1, 0.15) is 11.3 Å². The van der Waals surface area contributed by atoms with Crippen LogP contribution in [0.4, 0.5) is 5.82 Å². The van der Waals surface area contributed by atoms with Crippen LogP contribution in [-0.2, 0) is 11.3 Å². The normalized spacial score (nSPS) is 19.4. The zero-order valence-electron chi connectivity index (χ0n) is 18.3. The van der Waals surface area contributed by atoms with Crippen LogP contribution in [0.5, 0.6) is 17.4 Å². The first-order valence-electron chi connectivity index (χ1n) is 10.2. The van der Waals surface area contributed by atoms with Crippen molar-refractivity contribution in [1.29, 1.82) is 0 Å². The number of allylic oxidation sites excluding steroid dienone is 2. The molecule has 2 heterocycles. The lowest BCUT2D eigenvalue weighted by Crippen LogP contribution is -2.42. The standard InChI is InChI=1S/C23H27N3O5/c1-23(2)10-14(28)19-17(11-23)31-22-20(21(24)26(7-8-27)12-25-22)18(19)13-5-6-15(29-3)16(9-13)30-4/h5-6,9,12,18,24,27H,7-8,10-11H2,1-4H3/p+1/t18-/m0/s1. The molecule has 0 radical (unpaired) electrons. The van der Waals surface area contributed by atoms with Crippen molar-refractivity contribution in [2.24, 2.45) is 5.41 Å². The number of ketones is 1. The van der Waals surface area contributed by atoms with Gasteiger partial charge in [-0.05, 0) is 23.1 Å². The molecule has 8 heteroatoms. The highest BCUT2D eigenvalue weighted by Gasteiger charge is 2.45. The third kappa shape index (κ3) is 3.61. The number of benzene rings is 1. The smallest absolute Gasteiger partial charge is 0.305 e. The molecule has 1 atom stereocenters. The van der Waals surface area contributed by atoms with E-state index in [0.29, 0.717) is 52.9 Å². The molecular weight excluding hydrogens is 398 g/mol. The molecule has 0 spiro atoms. The number of fused-ring (bicyclic) bond motifs is 1. The number of carbonyl (C=O) groups excluding carboxylic acids is 1. The molecule has 0 amide bonds. The number of carbonyl (C=O) groups is 1. The Morgan fingerprint density at radius 2 is 2.00 bits per heavy atom. The molecule has 0 bridgehead atoms. The van der Waals surface area contributed by atoms with Gasteiger partial charge in [-0.2, -0.15) is 0 Å². The molecule has 0 fully saturated rings. The summed E-state index contributed by atoms with van der Waals surface area (Å²) >= 11 is 0. The summed E-state index contributed by atoms with van der Waals surface area (Å²) in [4.78, 5) is 17.8. The number of nitrogen functional groups attached to an aromatic ring is 1. The third-order valence-electron chi connectivity index (χ3n) is 5.89. The Bertz CT molecular complexity index is 1080. The molecule has 2 aliphatic rings. The first-order valence-corrected chi connectivity index (χ1v) is 10.2. The lowest BCUT2D eigenvalue weighted by molar-refractivity contribution is -0.687. The van der Waals surface area contributed by atoms with Gasteiger partial charge in [-0.1, -0.05) is 24.9 Å². The maximum Gasteiger partial charge on any atom is 0.305 e. The fourth-order valence-corrected chi connectivity index (χ4v) is 4.47. The molecule has 1 aromatic heterocycles. The summed E-state index contributed by atoms with van der Waals surface area (Å²) in [6.45, 7) is 4.32. The average molecular weight is 426 g/mol. The number of nitrogens with two attached hydrogens (primary N) is 1. The van der Waals surface area contributed by atoms with E-state index >= 15 is 0 Å². The van der Waals surface area contributed by atoms with Crippen LogP contribution < -0.4 is 24.5 Å². The Morgan fingerprint density at radius 1 is 1.26 bits per heavy atom. The molecule has 0 saturated carbocycles. The highest BCUT2D eigenvalue weighted by atomic mass is 16.5. The third-order valence-corrected chi connectivity index (χ3v) is 5.89. The van der Waals surface area contributed by atoms with E-state index in [4.69, 9.17) is 19.9 Å². The molecule has 4 rings (SSSR count). The van der Waals surface area contributed by atoms with Crippen molar-refractivity contribution in [3.05, 3.63) is 47.0 Å². The van der Waals surface area contributed by atoms with E-state index < -0.39 is 5.92 Å². The van der Waals surface area contributed by atoms with Crippen molar-refractivity contribution < 1.29 is 28.7 Å². The SMILES string of the molecule is COc1ccc([C@H]2C3=C(CC(C)(C)CC3=O)Oc3nc[n+](CCO)c(N)c32)cc1OC. The minimum atomic E-state index is -0.458. The number of nitrogens with zero attached hydrogens (tertiary/aromatic N) is 2. The van der Waals surface area contributed by atoms with Gasteiger partial charge in [-0.25, -0.2) is 4.57 Å². The van der Waals surface area contributed by atoms with Gasteiger partial charge >= 0.3 is 5.88 Å². The number of hydrogen-bond acceptors (Lipinski definition) is 7. The summed E-state index contributed by atoms with van der Waals surface area (Å²) in [5.74, 6) is 2.16. The number of Topliss-reactive ketones (excluding diaryl/α,β-unsaturated/α-hetero) is 1. The summed E-state index contributed by atoms with van der Waals surface area (Å²) in [6, 6.07) is 5.58. The first kappa shape index (κ1) is 21.1. The summed E-state index contributed by atoms with van der Waals surface area (Å²) in [5.41, 5.74) is 8.36. The number of hydrogen-bond donors (Lipinski definition) is 2. The van der Waals surface area contributed by atoms with Gasteiger partial charge in [0.15, 0.2) is 17.3 Å². The van der Waals surface area contributed by atoms with Gasteiger partial charge in [0.05, 0.1) is 33.3 Å². The van der Waals surface area contributed by atoms with Crippen LogP contribution in [0.15, 0.2) is 35.9 Å². The second kappa shape index (κ2) is 7.85. The second-order valence-electron chi connectivity index (χ2n) is 8.69. The largest absolute Gasteiger partial charge is 0.493 e. The van der Waals surface area contributed by atoms with E-state index in [0.717, 1.165) is 5.56 Å². The molecule has 1 aliphatic carbocycles. The molecule has 8 nitrogen and oxygen atoms in total. The van der Waals surface area contributed by atoms with Crippen LogP contribution in [0, 0.1) is 5.41 Å². The highest BCUT2D eigenvalue weighted by Crippen LogP contribution is 2.51. The zero-order chi connectivity index (χ0) is 22.3. The van der Waals surface area contributed by atoms with Crippen LogP contribution in [0.25, 0.3) is 0 Å². The molecular formula is C23H28N3O5+. The van der Waals surface area contributed by atoms with Gasteiger partial charge < -0.3 is 25.1 Å². The molecule has 164 valence electrons. The van der Waals surface area contributed by atoms with Crippen molar-refractivity contribution in [3.63, 3.8) is 0 Å². The highest BCUT2D eigenvalue weighted by molar-refractivity contribution is 6.00. The number of methoxy groups -OCH3 is 2. The maximum atomic E-state index is 13.3. The zero-order valence-corrected chi connectivity index (χ0v) is 18.3. The molecule has 1 aromatic carbocycles. The fourth-order valence-electron chi connectivity index (χ4n) is 4.47. The summed E-state index contributed by atoms with van der Waals surface area (Å²) in [7, 11) is 3.15. The molecule has 31 heavy (non-hydrogen) atoms. The summed E-state index contributed by atoms with van der Waals surface area (Å²) in [5, 5.41) is 9.41. The van der Waals surface area contributed by atoms with Gasteiger partial charge in [0.25, 0.3) is 0 Å². The van der Waals surface area contributed by atoms with Gasteiger partial charge in [0, 0.05) is 18.4 Å². The van der Waals surface area contributed by atoms with Crippen molar-refractivity contribution in [3.8, 4) is 17.4 Å². The van der Waals surface area contributed by atoms with E-state index in [9.17, 15) is 9.90 Å². The number of rotatable bonds is 5. The first-order chi connectivity index (χ1) is 14.8. The van der Waals surface area contributed by atoms with Crippen LogP contribution in [-0.4, -0.2) is 36.7 Å². The Kier molecular flexibility index (Phi) is 5.35. The lowest BCUT2D eigenvalue weighted by atomic mass is 9.70. The number of aliphatic hydroxyl groups excluding tert-OH is 1. The van der Waals surface area contributed by atoms with Crippen molar-refractivity contribution in [1.82, 2.24) is 4.98 Å². The van der Waals surface area contributed by atoms with Gasteiger partial charge in [0.2, 0.25) is 12.1 Å². The molecule has 3 N–H and O–H groups in total. The van der Waals surface area contributed by atoms with Crippen molar-refractivity contribution in [2.45, 2.75) is 39.2 Å². The predicted octanol–water partition coefficient (Wildman–Crippen LogP) is 2.13. The summed E-state index contributed by atoms with van der Waals surface area (Å²) in [6.07, 6.45) is 2.60. The number of aliphatic hydroxyl groups is 1. The average Bonchev–Trinajstić information content (AvgIpc) is 2.73. The van der Waals surface area contributed by atoms with E-state index in [-0.39, 0.29) is 24.3 Å². The molecule has 0 saturated heterocycles. The number of ether oxygens (including phenoxy) is 3. The number of anilines is 1. The minimum absolute atomic E-state index is 0.0358. The monoisotopic (exact) mass is 426 g/mol. The maximum absolute atomic E-state index is 13.3. The van der Waals surface area contributed by atoms with E-state index in [1.165, 1.54) is 0 Å². The van der Waals surface area contributed by atoms with Crippen LogP contribution in [0.1, 0.15) is 43.7 Å². The number of aromatic nitrogens is 2. The fraction of sp³-hybridized carbons (Fsp3) is 0.435. The van der Waals surface area contributed by atoms with E-state index in [2.05, 4.69) is 18.8 Å². The Morgan fingerprint density at radius 3 is 2.68 bits per heavy atom. The van der Waals surface area contributed by atoms with Gasteiger partial charge in [-0.3, -0.25) is 4.79 Å². The van der Waals surface area contributed by atoms with Crippen molar-refractivity contribution >= 4 is 11.6 Å². The quantitative estimate of drug-likeness (QED) is 0.705. The Balaban J connectivity index is 1.96. The molecule has 2 aromatic rings. The topological polar surface area (TPSA) is 108 Å². The molecule has 0 unspecified atom stereocenters. The predicted molar refractivity (Wildman–Crippen MR) is 113 cm³/mol. The summed E-state index contributed by atoms with van der Waals surface area (Å²) < 4.78 is 18.7.